The number of nitrogens with zero attached hydrogens (tertiary/aromatic N) is 1. The zero-order valence-electron chi connectivity index (χ0n) is 12.5. The van der Waals surface area contributed by atoms with Gasteiger partial charge in [0.2, 0.25) is 0 Å². The van der Waals surface area contributed by atoms with Crippen molar-refractivity contribution in [1.29, 1.82) is 0 Å². The molecule has 0 N–H and O–H groups in total. The van der Waals surface area contributed by atoms with Gasteiger partial charge in [-0.1, -0.05) is 6.92 Å². The molecule has 0 atom stereocenters. The summed E-state index contributed by atoms with van der Waals surface area (Å²) in [5.74, 6) is 1.04. The van der Waals surface area contributed by atoms with Gasteiger partial charge in [-0.05, 0) is 47.2 Å². The molecule has 0 aromatic rings. The van der Waals surface area contributed by atoms with Gasteiger partial charge in [-0.15, -0.1) is 0 Å². The van der Waals surface area contributed by atoms with Gasteiger partial charge in [0.1, 0.15) is 0 Å². The number of hydrogen-bond acceptors (Lipinski definition) is 3. The van der Waals surface area contributed by atoms with Crippen LogP contribution in [0.2, 0.25) is 0 Å². The van der Waals surface area contributed by atoms with Gasteiger partial charge in [0, 0.05) is 18.1 Å². The van der Waals surface area contributed by atoms with Crippen LogP contribution in [-0.4, -0.2) is 49.3 Å². The van der Waals surface area contributed by atoms with E-state index in [9.17, 15) is 0 Å². The summed E-state index contributed by atoms with van der Waals surface area (Å²) >= 11 is 0. The molecule has 0 radical (unpaired) electrons. The van der Waals surface area contributed by atoms with Crippen molar-refractivity contribution in [1.82, 2.24) is 4.90 Å². The maximum Gasteiger partial charge on any atom is 0.0685 e. The number of rotatable bonds is 10. The van der Waals surface area contributed by atoms with Crippen LogP contribution in [0.4, 0.5) is 0 Å². The minimum Gasteiger partial charge on any atom is -0.301 e. The Labute approximate surface area is 110 Å². The third kappa shape index (κ3) is 7.29. The molecule has 0 saturated heterocycles. The molecule has 0 spiro atoms. The molecule has 0 aromatic heterocycles. The lowest BCUT2D eigenvalue weighted by molar-refractivity contribution is 0.231. The summed E-state index contributed by atoms with van der Waals surface area (Å²) in [6, 6.07) is 0.625. The molecule has 0 bridgehead atoms. The SMILES string of the molecule is CCOS(C)(CCCN(CC)C(C)C)OCC. The molecular formula is C13H31NO2S. The van der Waals surface area contributed by atoms with Crippen molar-refractivity contribution in [3.8, 4) is 0 Å². The largest absolute Gasteiger partial charge is 0.301 e. The van der Waals surface area contributed by atoms with Crippen LogP contribution >= 0.6 is 10.6 Å². The molecule has 4 heteroatoms. The van der Waals surface area contributed by atoms with Gasteiger partial charge in [-0.2, -0.15) is 10.6 Å². The van der Waals surface area contributed by atoms with Gasteiger partial charge < -0.3 is 4.90 Å². The Bertz CT molecular complexity index is 182. The van der Waals surface area contributed by atoms with Crippen LogP contribution in [0.15, 0.2) is 0 Å². The van der Waals surface area contributed by atoms with E-state index < -0.39 is 10.6 Å². The van der Waals surface area contributed by atoms with Gasteiger partial charge in [0.15, 0.2) is 0 Å². The summed E-state index contributed by atoms with van der Waals surface area (Å²) in [6.45, 7) is 14.5. The Morgan fingerprint density at radius 1 is 1.06 bits per heavy atom. The van der Waals surface area contributed by atoms with Gasteiger partial charge in [0.25, 0.3) is 0 Å². The Balaban J connectivity index is 4.04. The van der Waals surface area contributed by atoms with Gasteiger partial charge >= 0.3 is 0 Å². The molecule has 0 rings (SSSR count). The fourth-order valence-corrected chi connectivity index (χ4v) is 3.92. The fraction of sp³-hybridized carbons (Fsp3) is 1.00. The minimum absolute atomic E-state index is 0.625. The van der Waals surface area contributed by atoms with E-state index in [-0.39, 0.29) is 0 Å². The maximum absolute atomic E-state index is 5.79. The predicted octanol–water partition coefficient (Wildman–Crippen LogP) is 3.44. The standard InChI is InChI=1S/C13H31NO2S/c1-7-14(13(4)5)11-10-12-17(6,15-8-2)16-9-3/h13H,7-12H2,1-6H3. The molecule has 0 aliphatic heterocycles. The average molecular weight is 265 g/mol. The second-order valence-corrected chi connectivity index (χ2v) is 7.25. The summed E-state index contributed by atoms with van der Waals surface area (Å²) in [7, 11) is -1.30. The van der Waals surface area contributed by atoms with E-state index in [2.05, 4.69) is 31.9 Å². The highest BCUT2D eigenvalue weighted by atomic mass is 32.3. The van der Waals surface area contributed by atoms with E-state index in [0.29, 0.717) is 6.04 Å². The Morgan fingerprint density at radius 2 is 1.59 bits per heavy atom. The molecule has 0 saturated carbocycles. The molecule has 0 aliphatic carbocycles. The third-order valence-corrected chi connectivity index (χ3v) is 5.33. The van der Waals surface area contributed by atoms with Crippen molar-refractivity contribution >= 4 is 10.6 Å². The minimum atomic E-state index is -1.30. The maximum atomic E-state index is 5.79. The zero-order chi connectivity index (χ0) is 13.3. The molecule has 0 unspecified atom stereocenters. The average Bonchev–Trinajstić information content (AvgIpc) is 2.24. The summed E-state index contributed by atoms with van der Waals surface area (Å²) in [5.41, 5.74) is 0. The van der Waals surface area contributed by atoms with Crippen LogP contribution in [0.3, 0.4) is 0 Å². The molecule has 17 heavy (non-hydrogen) atoms. The van der Waals surface area contributed by atoms with Gasteiger partial charge in [-0.25, -0.2) is 0 Å². The van der Waals surface area contributed by atoms with E-state index in [1.165, 1.54) is 0 Å². The molecule has 106 valence electrons. The van der Waals surface area contributed by atoms with Crippen molar-refractivity contribution < 1.29 is 8.37 Å². The lowest BCUT2D eigenvalue weighted by Gasteiger charge is -2.39. The van der Waals surface area contributed by atoms with Crippen molar-refractivity contribution in [3.63, 3.8) is 0 Å². The Morgan fingerprint density at radius 3 is 1.94 bits per heavy atom. The topological polar surface area (TPSA) is 21.7 Å². The first-order chi connectivity index (χ1) is 7.99. The summed E-state index contributed by atoms with van der Waals surface area (Å²) < 4.78 is 11.6. The highest BCUT2D eigenvalue weighted by Gasteiger charge is 2.15. The van der Waals surface area contributed by atoms with Crippen LogP contribution in [-0.2, 0) is 8.37 Å². The number of hydrogen-bond donors (Lipinski definition) is 0. The van der Waals surface area contributed by atoms with E-state index in [1.54, 1.807) is 0 Å². The van der Waals surface area contributed by atoms with Crippen LogP contribution in [0.5, 0.6) is 0 Å². The molecule has 0 amide bonds. The lowest BCUT2D eigenvalue weighted by atomic mass is 10.3. The predicted molar refractivity (Wildman–Crippen MR) is 78.6 cm³/mol. The summed E-state index contributed by atoms with van der Waals surface area (Å²) in [6.07, 6.45) is 3.28. The van der Waals surface area contributed by atoms with E-state index in [0.717, 1.165) is 38.5 Å². The zero-order valence-corrected chi connectivity index (χ0v) is 13.3. The van der Waals surface area contributed by atoms with Gasteiger partial charge in [0.05, 0.1) is 13.2 Å². The first kappa shape index (κ1) is 17.2. The Hall–Kier alpha value is 0.230. The first-order valence-corrected chi connectivity index (χ1v) is 8.83. The smallest absolute Gasteiger partial charge is 0.0685 e. The Kier molecular flexibility index (Phi) is 9.32. The monoisotopic (exact) mass is 265 g/mol. The van der Waals surface area contributed by atoms with Crippen molar-refractivity contribution in [2.45, 2.75) is 47.1 Å². The molecule has 0 fully saturated rings. The first-order valence-electron chi connectivity index (χ1n) is 6.77. The van der Waals surface area contributed by atoms with Crippen molar-refractivity contribution in [2.75, 3.05) is 38.3 Å². The van der Waals surface area contributed by atoms with Crippen LogP contribution < -0.4 is 0 Å². The van der Waals surface area contributed by atoms with E-state index in [4.69, 9.17) is 8.37 Å². The fourth-order valence-electron chi connectivity index (χ4n) is 1.96. The second-order valence-electron chi connectivity index (χ2n) is 4.52. The highest BCUT2D eigenvalue weighted by molar-refractivity contribution is 8.25. The van der Waals surface area contributed by atoms with E-state index >= 15 is 0 Å². The molecular weight excluding hydrogens is 234 g/mol. The van der Waals surface area contributed by atoms with Crippen molar-refractivity contribution in [2.24, 2.45) is 0 Å². The van der Waals surface area contributed by atoms with E-state index in [1.807, 2.05) is 13.8 Å². The molecule has 0 heterocycles. The van der Waals surface area contributed by atoms with Crippen molar-refractivity contribution in [3.05, 3.63) is 0 Å². The lowest BCUT2D eigenvalue weighted by Crippen LogP contribution is -2.32. The van der Waals surface area contributed by atoms with Gasteiger partial charge in [-0.3, -0.25) is 8.37 Å². The molecule has 0 aliphatic rings. The third-order valence-electron chi connectivity index (χ3n) is 2.83. The summed E-state index contributed by atoms with van der Waals surface area (Å²) in [5, 5.41) is 0. The second kappa shape index (κ2) is 9.20. The van der Waals surface area contributed by atoms with Crippen LogP contribution in [0, 0.1) is 0 Å². The van der Waals surface area contributed by atoms with Crippen LogP contribution in [0.25, 0.3) is 0 Å². The molecule has 0 aromatic carbocycles. The summed E-state index contributed by atoms with van der Waals surface area (Å²) in [4.78, 5) is 2.48. The molecule has 3 nitrogen and oxygen atoms in total. The quantitative estimate of drug-likeness (QED) is 0.604. The van der Waals surface area contributed by atoms with Crippen LogP contribution in [0.1, 0.15) is 41.0 Å². The normalized spacial score (nSPS) is 13.6. The highest BCUT2D eigenvalue weighted by Crippen LogP contribution is 2.46.